The van der Waals surface area contributed by atoms with Gasteiger partial charge in [-0.15, -0.1) is 0 Å². The summed E-state index contributed by atoms with van der Waals surface area (Å²) in [5, 5.41) is 3.54. The molecule has 124 valence electrons. The molecule has 0 aliphatic heterocycles. The number of hydrogen-bond acceptors (Lipinski definition) is 5. The van der Waals surface area contributed by atoms with Gasteiger partial charge in [0.05, 0.1) is 11.7 Å². The van der Waals surface area contributed by atoms with E-state index >= 15 is 0 Å². The molecule has 2 aromatic carbocycles. The fourth-order valence-electron chi connectivity index (χ4n) is 2.34. The van der Waals surface area contributed by atoms with E-state index in [0.717, 1.165) is 33.9 Å². The molecule has 1 atom stereocenters. The van der Waals surface area contributed by atoms with Gasteiger partial charge in [-0.2, -0.15) is 8.75 Å². The molecule has 0 fully saturated rings. The summed E-state index contributed by atoms with van der Waals surface area (Å²) >= 11 is 7.29. The summed E-state index contributed by atoms with van der Waals surface area (Å²) in [6.45, 7) is 5.52. The van der Waals surface area contributed by atoms with E-state index in [4.69, 9.17) is 16.3 Å². The average Bonchev–Trinajstić information content (AvgIpc) is 3.00. The van der Waals surface area contributed by atoms with Crippen LogP contribution in [0.3, 0.4) is 0 Å². The molecule has 0 unspecified atom stereocenters. The van der Waals surface area contributed by atoms with Crippen LogP contribution in [0.15, 0.2) is 30.3 Å². The van der Waals surface area contributed by atoms with Crippen molar-refractivity contribution in [2.45, 2.75) is 26.9 Å². The van der Waals surface area contributed by atoms with Gasteiger partial charge in [0.15, 0.2) is 6.10 Å². The quantitative estimate of drug-likeness (QED) is 0.749. The summed E-state index contributed by atoms with van der Waals surface area (Å²) in [5.74, 6) is 0.388. The molecule has 0 aliphatic rings. The Bertz CT molecular complexity index is 887. The lowest BCUT2D eigenvalue weighted by Crippen LogP contribution is -2.30. The van der Waals surface area contributed by atoms with E-state index < -0.39 is 6.10 Å². The second-order valence-electron chi connectivity index (χ2n) is 5.59. The normalized spacial score (nSPS) is 12.2. The van der Waals surface area contributed by atoms with E-state index in [1.807, 2.05) is 32.0 Å². The summed E-state index contributed by atoms with van der Waals surface area (Å²) in [7, 11) is 0. The summed E-state index contributed by atoms with van der Waals surface area (Å²) in [6, 6.07) is 9.06. The Hall–Kier alpha value is -2.18. The Morgan fingerprint density at radius 1 is 1.17 bits per heavy atom. The molecule has 7 heteroatoms. The van der Waals surface area contributed by atoms with E-state index in [1.165, 1.54) is 0 Å². The Kier molecular flexibility index (Phi) is 4.69. The van der Waals surface area contributed by atoms with E-state index in [2.05, 4.69) is 14.1 Å². The number of anilines is 1. The molecule has 1 amide bonds. The van der Waals surface area contributed by atoms with Gasteiger partial charge in [0, 0.05) is 10.7 Å². The number of hydrogen-bond donors (Lipinski definition) is 1. The highest BCUT2D eigenvalue weighted by Crippen LogP contribution is 2.26. The summed E-state index contributed by atoms with van der Waals surface area (Å²) in [6.07, 6.45) is -0.644. The molecule has 0 bridgehead atoms. The number of ether oxygens (including phenoxy) is 1. The Morgan fingerprint density at radius 2 is 1.83 bits per heavy atom. The van der Waals surface area contributed by atoms with Gasteiger partial charge in [0.2, 0.25) is 0 Å². The van der Waals surface area contributed by atoms with Gasteiger partial charge in [0.1, 0.15) is 16.8 Å². The van der Waals surface area contributed by atoms with Crippen LogP contribution in [0.5, 0.6) is 5.75 Å². The maximum atomic E-state index is 12.3. The van der Waals surface area contributed by atoms with Crippen LogP contribution in [0.2, 0.25) is 5.02 Å². The molecule has 0 aliphatic carbocycles. The Balaban J connectivity index is 1.70. The average molecular weight is 362 g/mol. The lowest BCUT2D eigenvalue weighted by molar-refractivity contribution is -0.122. The highest BCUT2D eigenvalue weighted by molar-refractivity contribution is 7.00. The molecular formula is C17H16ClN3O2S. The van der Waals surface area contributed by atoms with Gasteiger partial charge in [0.25, 0.3) is 5.91 Å². The van der Waals surface area contributed by atoms with Gasteiger partial charge in [-0.25, -0.2) is 0 Å². The minimum atomic E-state index is -0.644. The van der Waals surface area contributed by atoms with Crippen LogP contribution in [0.1, 0.15) is 18.1 Å². The number of amides is 1. The predicted octanol–water partition coefficient (Wildman–Crippen LogP) is 4.37. The third-order valence-electron chi connectivity index (χ3n) is 3.61. The number of aryl methyl sites for hydroxylation is 2. The van der Waals surface area contributed by atoms with Crippen molar-refractivity contribution >= 4 is 46.0 Å². The van der Waals surface area contributed by atoms with Gasteiger partial charge < -0.3 is 10.1 Å². The highest BCUT2D eigenvalue weighted by atomic mass is 35.5. The smallest absolute Gasteiger partial charge is 0.265 e. The maximum Gasteiger partial charge on any atom is 0.265 e. The SMILES string of the molecule is Cc1cc(O[C@H](C)C(=O)Nc2ccc3nsnc3c2)cc(C)c1Cl. The van der Waals surface area contributed by atoms with E-state index in [1.54, 1.807) is 19.1 Å². The molecular weight excluding hydrogens is 346 g/mol. The van der Waals surface area contributed by atoms with Gasteiger partial charge >= 0.3 is 0 Å². The molecule has 0 saturated heterocycles. The van der Waals surface area contributed by atoms with Crippen LogP contribution in [0, 0.1) is 13.8 Å². The van der Waals surface area contributed by atoms with Crippen molar-refractivity contribution < 1.29 is 9.53 Å². The topological polar surface area (TPSA) is 64.1 Å². The first-order valence-corrected chi connectivity index (χ1v) is 8.51. The number of carbonyl (C=O) groups is 1. The van der Waals surface area contributed by atoms with Gasteiger partial charge in [-0.1, -0.05) is 11.6 Å². The number of halogens is 1. The van der Waals surface area contributed by atoms with Crippen molar-refractivity contribution in [2.75, 3.05) is 5.32 Å². The number of rotatable bonds is 4. The van der Waals surface area contributed by atoms with Crippen molar-refractivity contribution in [3.05, 3.63) is 46.5 Å². The minimum Gasteiger partial charge on any atom is -0.481 e. The highest BCUT2D eigenvalue weighted by Gasteiger charge is 2.16. The zero-order valence-corrected chi connectivity index (χ0v) is 15.0. The first kappa shape index (κ1) is 16.7. The largest absolute Gasteiger partial charge is 0.481 e. The number of nitrogens with zero attached hydrogens (tertiary/aromatic N) is 2. The third-order valence-corrected chi connectivity index (χ3v) is 4.77. The van der Waals surface area contributed by atoms with Crippen LogP contribution in [0.25, 0.3) is 11.0 Å². The van der Waals surface area contributed by atoms with Gasteiger partial charge in [-0.3, -0.25) is 4.79 Å². The molecule has 24 heavy (non-hydrogen) atoms. The fourth-order valence-corrected chi connectivity index (χ4v) is 2.96. The monoisotopic (exact) mass is 361 g/mol. The van der Waals surface area contributed by atoms with Gasteiger partial charge in [-0.05, 0) is 62.2 Å². The van der Waals surface area contributed by atoms with E-state index in [9.17, 15) is 4.79 Å². The van der Waals surface area contributed by atoms with Crippen LogP contribution in [-0.2, 0) is 4.79 Å². The lowest BCUT2D eigenvalue weighted by atomic mass is 10.1. The predicted molar refractivity (Wildman–Crippen MR) is 97.1 cm³/mol. The van der Waals surface area contributed by atoms with Crippen LogP contribution < -0.4 is 10.1 Å². The fraction of sp³-hybridized carbons (Fsp3) is 0.235. The van der Waals surface area contributed by atoms with Crippen LogP contribution in [0.4, 0.5) is 5.69 Å². The number of aromatic nitrogens is 2. The summed E-state index contributed by atoms with van der Waals surface area (Å²) in [5.41, 5.74) is 4.07. The second-order valence-corrected chi connectivity index (χ2v) is 6.49. The molecule has 3 aromatic rings. The molecule has 0 saturated carbocycles. The van der Waals surface area contributed by atoms with Crippen LogP contribution in [-0.4, -0.2) is 20.8 Å². The molecule has 1 N–H and O–H groups in total. The Morgan fingerprint density at radius 3 is 2.54 bits per heavy atom. The minimum absolute atomic E-state index is 0.234. The molecule has 1 aromatic heterocycles. The van der Waals surface area contributed by atoms with Crippen molar-refractivity contribution in [3.8, 4) is 5.75 Å². The van der Waals surface area contributed by atoms with Crippen molar-refractivity contribution in [2.24, 2.45) is 0 Å². The molecule has 0 spiro atoms. The summed E-state index contributed by atoms with van der Waals surface area (Å²) < 4.78 is 14.0. The number of nitrogens with one attached hydrogen (secondary N) is 1. The van der Waals surface area contributed by atoms with E-state index in [0.29, 0.717) is 16.5 Å². The zero-order valence-electron chi connectivity index (χ0n) is 13.5. The van der Waals surface area contributed by atoms with Crippen LogP contribution >= 0.6 is 23.3 Å². The number of carbonyl (C=O) groups excluding carboxylic acids is 1. The second kappa shape index (κ2) is 6.75. The number of fused-ring (bicyclic) bond motifs is 1. The molecule has 5 nitrogen and oxygen atoms in total. The molecule has 0 radical (unpaired) electrons. The first-order chi connectivity index (χ1) is 11.4. The molecule has 3 rings (SSSR count). The Labute approximate surface area is 148 Å². The lowest BCUT2D eigenvalue weighted by Gasteiger charge is -2.16. The maximum absolute atomic E-state index is 12.3. The van der Waals surface area contributed by atoms with Crippen molar-refractivity contribution in [1.82, 2.24) is 8.75 Å². The standard InChI is InChI=1S/C17H16ClN3O2S/c1-9-6-13(7-10(2)16(9)18)23-11(3)17(22)19-12-4-5-14-15(8-12)21-24-20-14/h4-8,11H,1-3H3,(H,19,22)/t11-/m1/s1. The van der Waals surface area contributed by atoms with E-state index in [-0.39, 0.29) is 5.91 Å². The third kappa shape index (κ3) is 3.49. The summed E-state index contributed by atoms with van der Waals surface area (Å²) in [4.78, 5) is 12.3. The first-order valence-electron chi connectivity index (χ1n) is 7.40. The zero-order chi connectivity index (χ0) is 17.3. The van der Waals surface area contributed by atoms with Crippen molar-refractivity contribution in [1.29, 1.82) is 0 Å². The van der Waals surface area contributed by atoms with Crippen molar-refractivity contribution in [3.63, 3.8) is 0 Å². The number of benzene rings is 2. The molecule has 1 heterocycles.